The van der Waals surface area contributed by atoms with Gasteiger partial charge in [0.15, 0.2) is 0 Å². The second-order valence-electron chi connectivity index (χ2n) is 4.68. The molecule has 0 radical (unpaired) electrons. The Kier molecular flexibility index (Phi) is 6.09. The van der Waals surface area contributed by atoms with Crippen LogP contribution in [0.5, 0.6) is 0 Å². The molecule has 22 heavy (non-hydrogen) atoms. The zero-order valence-corrected chi connectivity index (χ0v) is 13.5. The number of carbonyl (C=O) groups is 2. The molecule has 1 heterocycles. The van der Waals surface area contributed by atoms with Gasteiger partial charge in [0.05, 0.1) is 13.0 Å². The first kappa shape index (κ1) is 16.2. The molecule has 0 fully saturated rings. The predicted molar refractivity (Wildman–Crippen MR) is 86.9 cm³/mol. The Bertz CT molecular complexity index is 647. The lowest BCUT2D eigenvalue weighted by Gasteiger charge is -2.08. The van der Waals surface area contributed by atoms with E-state index in [1.807, 2.05) is 30.3 Å². The van der Waals surface area contributed by atoms with Crippen molar-refractivity contribution in [2.24, 2.45) is 0 Å². The van der Waals surface area contributed by atoms with Gasteiger partial charge in [-0.25, -0.2) is 0 Å². The zero-order valence-electron chi connectivity index (χ0n) is 11.9. The third-order valence-electron chi connectivity index (χ3n) is 2.97. The summed E-state index contributed by atoms with van der Waals surface area (Å²) in [6, 6.07) is 11.2. The fourth-order valence-electron chi connectivity index (χ4n) is 1.82. The highest BCUT2D eigenvalue weighted by Crippen LogP contribution is 2.15. The quantitative estimate of drug-likeness (QED) is 0.824. The molecule has 0 aliphatic rings. The van der Waals surface area contributed by atoms with E-state index in [4.69, 9.17) is 0 Å². The second kappa shape index (κ2) is 8.29. The first-order chi connectivity index (χ1) is 10.6. The van der Waals surface area contributed by atoms with Crippen LogP contribution in [0.15, 0.2) is 53.3 Å². The number of aromatic nitrogens is 1. The molecular weight excluding hydrogens is 346 g/mol. The van der Waals surface area contributed by atoms with Gasteiger partial charge in [-0.2, -0.15) is 0 Å². The fraction of sp³-hybridized carbons (Fsp3) is 0.188. The van der Waals surface area contributed by atoms with Crippen molar-refractivity contribution in [3.05, 3.63) is 64.4 Å². The molecule has 0 spiro atoms. The number of pyridine rings is 1. The number of halogens is 1. The van der Waals surface area contributed by atoms with E-state index >= 15 is 0 Å². The van der Waals surface area contributed by atoms with Gasteiger partial charge < -0.3 is 10.6 Å². The lowest BCUT2D eigenvalue weighted by Crippen LogP contribution is -2.37. The SMILES string of the molecule is O=C(CNC(=O)Cc1ccccc1Br)NCc1cccnc1. The van der Waals surface area contributed by atoms with Gasteiger partial charge in [-0.3, -0.25) is 14.6 Å². The maximum Gasteiger partial charge on any atom is 0.239 e. The van der Waals surface area contributed by atoms with E-state index in [1.165, 1.54) is 0 Å². The van der Waals surface area contributed by atoms with E-state index in [0.717, 1.165) is 15.6 Å². The molecule has 1 aromatic heterocycles. The van der Waals surface area contributed by atoms with Gasteiger partial charge in [0, 0.05) is 23.4 Å². The number of rotatable bonds is 6. The summed E-state index contributed by atoms with van der Waals surface area (Å²) in [5.41, 5.74) is 1.80. The van der Waals surface area contributed by atoms with Crippen molar-refractivity contribution in [3.63, 3.8) is 0 Å². The average Bonchev–Trinajstić information content (AvgIpc) is 2.54. The Balaban J connectivity index is 1.72. The highest BCUT2D eigenvalue weighted by molar-refractivity contribution is 9.10. The highest BCUT2D eigenvalue weighted by Gasteiger charge is 2.08. The summed E-state index contributed by atoms with van der Waals surface area (Å²) in [7, 11) is 0. The van der Waals surface area contributed by atoms with Crippen LogP contribution in [0.4, 0.5) is 0 Å². The Morgan fingerprint density at radius 1 is 1.05 bits per heavy atom. The predicted octanol–water partition coefficient (Wildman–Crippen LogP) is 1.82. The molecule has 114 valence electrons. The number of benzene rings is 1. The van der Waals surface area contributed by atoms with Crippen molar-refractivity contribution in [2.45, 2.75) is 13.0 Å². The molecule has 0 atom stereocenters. The summed E-state index contributed by atoms with van der Waals surface area (Å²) in [6.07, 6.45) is 3.59. The number of amides is 2. The van der Waals surface area contributed by atoms with Crippen LogP contribution >= 0.6 is 15.9 Å². The zero-order chi connectivity index (χ0) is 15.8. The Labute approximate surface area is 137 Å². The molecule has 2 rings (SSSR count). The van der Waals surface area contributed by atoms with Gasteiger partial charge in [-0.1, -0.05) is 40.2 Å². The average molecular weight is 362 g/mol. The molecule has 2 amide bonds. The molecule has 1 aromatic carbocycles. The van der Waals surface area contributed by atoms with Gasteiger partial charge in [0.1, 0.15) is 0 Å². The molecular formula is C16H16BrN3O2. The van der Waals surface area contributed by atoms with Crippen molar-refractivity contribution in [1.29, 1.82) is 0 Å². The molecule has 0 bridgehead atoms. The molecule has 2 aromatic rings. The maximum atomic E-state index is 11.8. The molecule has 6 heteroatoms. The minimum Gasteiger partial charge on any atom is -0.350 e. The van der Waals surface area contributed by atoms with Gasteiger partial charge in [0.2, 0.25) is 11.8 Å². The van der Waals surface area contributed by atoms with E-state index in [9.17, 15) is 9.59 Å². The van der Waals surface area contributed by atoms with E-state index in [1.54, 1.807) is 18.5 Å². The molecule has 2 N–H and O–H groups in total. The summed E-state index contributed by atoms with van der Waals surface area (Å²) in [5.74, 6) is -0.423. The number of hydrogen-bond donors (Lipinski definition) is 2. The first-order valence-electron chi connectivity index (χ1n) is 6.81. The van der Waals surface area contributed by atoms with Crippen LogP contribution in [-0.4, -0.2) is 23.3 Å². The smallest absolute Gasteiger partial charge is 0.239 e. The van der Waals surface area contributed by atoms with Crippen LogP contribution in [0.25, 0.3) is 0 Å². The van der Waals surface area contributed by atoms with Gasteiger partial charge >= 0.3 is 0 Å². The van der Waals surface area contributed by atoms with Crippen LogP contribution in [-0.2, 0) is 22.6 Å². The van der Waals surface area contributed by atoms with E-state index < -0.39 is 0 Å². The van der Waals surface area contributed by atoms with Crippen LogP contribution < -0.4 is 10.6 Å². The van der Waals surface area contributed by atoms with Crippen LogP contribution in [0.2, 0.25) is 0 Å². The van der Waals surface area contributed by atoms with E-state index in [-0.39, 0.29) is 24.8 Å². The van der Waals surface area contributed by atoms with Crippen molar-refractivity contribution in [3.8, 4) is 0 Å². The first-order valence-corrected chi connectivity index (χ1v) is 7.60. The minimum absolute atomic E-state index is 0.0381. The second-order valence-corrected chi connectivity index (χ2v) is 5.54. The molecule has 0 aliphatic carbocycles. The fourth-order valence-corrected chi connectivity index (χ4v) is 2.25. The van der Waals surface area contributed by atoms with Gasteiger partial charge in [0.25, 0.3) is 0 Å². The normalized spacial score (nSPS) is 10.0. The number of nitrogens with zero attached hydrogens (tertiary/aromatic N) is 1. The Morgan fingerprint density at radius 2 is 1.86 bits per heavy atom. The third-order valence-corrected chi connectivity index (χ3v) is 3.74. The lowest BCUT2D eigenvalue weighted by molar-refractivity contribution is -0.125. The number of hydrogen-bond acceptors (Lipinski definition) is 3. The van der Waals surface area contributed by atoms with Crippen molar-refractivity contribution in [2.75, 3.05) is 6.54 Å². The van der Waals surface area contributed by atoms with E-state index in [2.05, 4.69) is 31.5 Å². The monoisotopic (exact) mass is 361 g/mol. The Hall–Kier alpha value is -2.21. The molecule has 5 nitrogen and oxygen atoms in total. The number of carbonyl (C=O) groups excluding carboxylic acids is 2. The summed E-state index contributed by atoms with van der Waals surface area (Å²) >= 11 is 3.39. The van der Waals surface area contributed by atoms with Gasteiger partial charge in [-0.15, -0.1) is 0 Å². The van der Waals surface area contributed by atoms with Crippen molar-refractivity contribution in [1.82, 2.24) is 15.6 Å². The summed E-state index contributed by atoms with van der Waals surface area (Å²) in [4.78, 5) is 27.5. The third kappa shape index (κ3) is 5.29. The highest BCUT2D eigenvalue weighted by atomic mass is 79.9. The summed E-state index contributed by atoms with van der Waals surface area (Å²) in [5, 5.41) is 5.33. The van der Waals surface area contributed by atoms with Crippen LogP contribution in [0.3, 0.4) is 0 Å². The van der Waals surface area contributed by atoms with Gasteiger partial charge in [-0.05, 0) is 23.3 Å². The van der Waals surface area contributed by atoms with Crippen LogP contribution in [0, 0.1) is 0 Å². The van der Waals surface area contributed by atoms with Crippen molar-refractivity contribution >= 4 is 27.7 Å². The number of nitrogens with one attached hydrogen (secondary N) is 2. The largest absolute Gasteiger partial charge is 0.350 e. The van der Waals surface area contributed by atoms with Crippen LogP contribution in [0.1, 0.15) is 11.1 Å². The minimum atomic E-state index is -0.232. The summed E-state index contributed by atoms with van der Waals surface area (Å²) < 4.78 is 0.881. The lowest BCUT2D eigenvalue weighted by atomic mass is 10.1. The maximum absolute atomic E-state index is 11.8. The molecule has 0 aliphatic heterocycles. The molecule has 0 unspecified atom stereocenters. The molecule has 0 saturated heterocycles. The topological polar surface area (TPSA) is 71.1 Å². The van der Waals surface area contributed by atoms with Crippen molar-refractivity contribution < 1.29 is 9.59 Å². The van der Waals surface area contributed by atoms with E-state index in [0.29, 0.717) is 6.54 Å². The summed E-state index contributed by atoms with van der Waals surface area (Å²) in [6.45, 7) is 0.357. The molecule has 0 saturated carbocycles. The Morgan fingerprint density at radius 3 is 2.59 bits per heavy atom. The standard InChI is InChI=1S/C16H16BrN3O2/c17-14-6-2-1-5-13(14)8-15(21)20-11-16(22)19-10-12-4-3-7-18-9-12/h1-7,9H,8,10-11H2,(H,19,22)(H,20,21).